The van der Waals surface area contributed by atoms with E-state index in [1.165, 1.54) is 11.3 Å². The summed E-state index contributed by atoms with van der Waals surface area (Å²) in [4.78, 5) is 24.9. The number of halogens is 1. The lowest BCUT2D eigenvalue weighted by Crippen LogP contribution is -2.22. The van der Waals surface area contributed by atoms with Crippen LogP contribution in [0, 0.1) is 0 Å². The standard InChI is InChI=1S/C16H15BrN2O3S/c17-10-5-1-2-6-11(10)22-8-13(20)19-16-14(15(18)21)9-4-3-7-12(9)23-16/h1-2,5-6H,3-4,7-8H2,(H2,18,21)(H,19,20). The predicted octanol–water partition coefficient (Wildman–Crippen LogP) is 3.12. The molecular formula is C16H15BrN2O3S. The summed E-state index contributed by atoms with van der Waals surface area (Å²) in [6.45, 7) is -0.136. The van der Waals surface area contributed by atoms with Gasteiger partial charge in [0.05, 0.1) is 10.0 Å². The van der Waals surface area contributed by atoms with Crippen molar-refractivity contribution in [3.63, 3.8) is 0 Å². The number of primary amides is 1. The zero-order valence-electron chi connectivity index (χ0n) is 12.2. The number of benzene rings is 1. The number of fused-ring (bicyclic) bond motifs is 1. The fraction of sp³-hybridized carbons (Fsp3) is 0.250. The molecule has 23 heavy (non-hydrogen) atoms. The van der Waals surface area contributed by atoms with Crippen molar-refractivity contribution in [2.45, 2.75) is 19.3 Å². The van der Waals surface area contributed by atoms with E-state index in [2.05, 4.69) is 21.2 Å². The Kier molecular flexibility index (Phi) is 4.68. The van der Waals surface area contributed by atoms with Crippen molar-refractivity contribution in [2.75, 3.05) is 11.9 Å². The highest BCUT2D eigenvalue weighted by Crippen LogP contribution is 2.38. The summed E-state index contributed by atoms with van der Waals surface area (Å²) >= 11 is 4.79. The van der Waals surface area contributed by atoms with Crippen LogP contribution in [0.1, 0.15) is 27.2 Å². The molecule has 1 aromatic heterocycles. The van der Waals surface area contributed by atoms with Gasteiger partial charge in [0.25, 0.3) is 11.8 Å². The Morgan fingerprint density at radius 1 is 1.30 bits per heavy atom. The third-order valence-electron chi connectivity index (χ3n) is 3.62. The van der Waals surface area contributed by atoms with Gasteiger partial charge in [0.2, 0.25) is 0 Å². The van der Waals surface area contributed by atoms with Crippen LogP contribution < -0.4 is 15.8 Å². The first kappa shape index (κ1) is 16.0. The van der Waals surface area contributed by atoms with Gasteiger partial charge in [-0.1, -0.05) is 12.1 Å². The second-order valence-electron chi connectivity index (χ2n) is 5.19. The SMILES string of the molecule is NC(=O)c1c(NC(=O)COc2ccccc2Br)sc2c1CCC2. The molecule has 7 heteroatoms. The maximum absolute atomic E-state index is 12.1. The number of nitrogens with one attached hydrogen (secondary N) is 1. The van der Waals surface area contributed by atoms with Gasteiger partial charge in [-0.3, -0.25) is 9.59 Å². The zero-order chi connectivity index (χ0) is 16.4. The van der Waals surface area contributed by atoms with Gasteiger partial charge in [-0.15, -0.1) is 11.3 Å². The smallest absolute Gasteiger partial charge is 0.262 e. The molecular weight excluding hydrogens is 380 g/mol. The number of hydrogen-bond acceptors (Lipinski definition) is 4. The van der Waals surface area contributed by atoms with Gasteiger partial charge in [0.1, 0.15) is 10.8 Å². The molecule has 0 radical (unpaired) electrons. The molecule has 0 saturated heterocycles. The number of para-hydroxylation sites is 1. The van der Waals surface area contributed by atoms with Crippen LogP contribution in [0.5, 0.6) is 5.75 Å². The monoisotopic (exact) mass is 394 g/mol. The molecule has 5 nitrogen and oxygen atoms in total. The van der Waals surface area contributed by atoms with Crippen LogP contribution in [0.25, 0.3) is 0 Å². The Morgan fingerprint density at radius 2 is 2.09 bits per heavy atom. The van der Waals surface area contributed by atoms with Gasteiger partial charge in [0, 0.05) is 4.88 Å². The van der Waals surface area contributed by atoms with E-state index >= 15 is 0 Å². The normalized spacial score (nSPS) is 12.7. The second-order valence-corrected chi connectivity index (χ2v) is 7.15. The number of amides is 2. The Labute approximate surface area is 146 Å². The summed E-state index contributed by atoms with van der Waals surface area (Å²) in [5, 5.41) is 3.28. The molecule has 1 heterocycles. The third kappa shape index (κ3) is 3.40. The summed E-state index contributed by atoms with van der Waals surface area (Å²) in [6.07, 6.45) is 2.80. The zero-order valence-corrected chi connectivity index (χ0v) is 14.6. The first-order valence-electron chi connectivity index (χ1n) is 7.17. The van der Waals surface area contributed by atoms with Crippen LogP contribution in [-0.4, -0.2) is 18.4 Å². The third-order valence-corrected chi connectivity index (χ3v) is 5.48. The van der Waals surface area contributed by atoms with Gasteiger partial charge in [-0.2, -0.15) is 0 Å². The molecule has 0 atom stereocenters. The lowest BCUT2D eigenvalue weighted by molar-refractivity contribution is -0.118. The summed E-state index contributed by atoms with van der Waals surface area (Å²) in [5.74, 6) is -0.221. The van der Waals surface area contributed by atoms with Crippen molar-refractivity contribution >= 4 is 44.1 Å². The van der Waals surface area contributed by atoms with E-state index < -0.39 is 5.91 Å². The molecule has 2 aromatic rings. The molecule has 2 amide bonds. The highest BCUT2D eigenvalue weighted by molar-refractivity contribution is 9.10. The van der Waals surface area contributed by atoms with Gasteiger partial charge in [0.15, 0.2) is 6.61 Å². The number of aryl methyl sites for hydroxylation is 1. The van der Waals surface area contributed by atoms with Gasteiger partial charge >= 0.3 is 0 Å². The van der Waals surface area contributed by atoms with Crippen LogP contribution in [0.2, 0.25) is 0 Å². The number of rotatable bonds is 5. The van der Waals surface area contributed by atoms with E-state index in [4.69, 9.17) is 10.5 Å². The average molecular weight is 395 g/mol. The number of hydrogen-bond donors (Lipinski definition) is 2. The minimum atomic E-state index is -0.494. The number of nitrogens with two attached hydrogens (primary N) is 1. The Balaban J connectivity index is 1.69. The number of anilines is 1. The summed E-state index contributed by atoms with van der Waals surface area (Å²) in [6, 6.07) is 7.30. The van der Waals surface area contributed by atoms with Gasteiger partial charge < -0.3 is 15.8 Å². The van der Waals surface area contributed by atoms with E-state index in [1.54, 1.807) is 6.07 Å². The molecule has 1 aliphatic carbocycles. The van der Waals surface area contributed by atoms with Gasteiger partial charge in [-0.05, 0) is 52.9 Å². The molecule has 3 N–H and O–H groups in total. The van der Waals surface area contributed by atoms with Crippen molar-refractivity contribution in [3.05, 3.63) is 44.7 Å². The molecule has 0 aliphatic heterocycles. The fourth-order valence-electron chi connectivity index (χ4n) is 2.62. The number of carbonyl (C=O) groups excluding carboxylic acids is 2. The lowest BCUT2D eigenvalue weighted by Gasteiger charge is -2.09. The minimum Gasteiger partial charge on any atom is -0.483 e. The van der Waals surface area contributed by atoms with Crippen LogP contribution in [-0.2, 0) is 17.6 Å². The van der Waals surface area contributed by atoms with E-state index in [-0.39, 0.29) is 12.5 Å². The number of thiophene rings is 1. The Morgan fingerprint density at radius 3 is 2.83 bits per heavy atom. The molecule has 0 spiro atoms. The van der Waals surface area contributed by atoms with Crippen molar-refractivity contribution < 1.29 is 14.3 Å². The first-order valence-corrected chi connectivity index (χ1v) is 8.78. The molecule has 0 fully saturated rings. The van der Waals surface area contributed by atoms with Crippen molar-refractivity contribution in [1.29, 1.82) is 0 Å². The van der Waals surface area contributed by atoms with Crippen LogP contribution in [0.3, 0.4) is 0 Å². The van der Waals surface area contributed by atoms with E-state index in [0.29, 0.717) is 16.3 Å². The maximum atomic E-state index is 12.1. The highest BCUT2D eigenvalue weighted by atomic mass is 79.9. The largest absolute Gasteiger partial charge is 0.483 e. The molecule has 0 unspecified atom stereocenters. The second kappa shape index (κ2) is 6.72. The van der Waals surface area contributed by atoms with Gasteiger partial charge in [-0.25, -0.2) is 0 Å². The first-order chi connectivity index (χ1) is 11.1. The molecule has 3 rings (SSSR count). The highest BCUT2D eigenvalue weighted by Gasteiger charge is 2.26. The summed E-state index contributed by atoms with van der Waals surface area (Å²) in [5.41, 5.74) is 6.92. The molecule has 0 saturated carbocycles. The molecule has 1 aromatic carbocycles. The van der Waals surface area contributed by atoms with Crippen LogP contribution in [0.15, 0.2) is 28.7 Å². The van der Waals surface area contributed by atoms with E-state index in [1.807, 2.05) is 18.2 Å². The van der Waals surface area contributed by atoms with Crippen molar-refractivity contribution in [3.8, 4) is 5.75 Å². The summed E-state index contributed by atoms with van der Waals surface area (Å²) < 4.78 is 6.26. The molecule has 120 valence electrons. The van der Waals surface area contributed by atoms with Crippen molar-refractivity contribution in [2.24, 2.45) is 5.73 Å². The quantitative estimate of drug-likeness (QED) is 0.816. The Bertz CT molecular complexity index is 773. The lowest BCUT2D eigenvalue weighted by atomic mass is 10.1. The fourth-order valence-corrected chi connectivity index (χ4v) is 4.33. The minimum absolute atomic E-state index is 0.136. The van der Waals surface area contributed by atoms with Crippen molar-refractivity contribution in [1.82, 2.24) is 0 Å². The summed E-state index contributed by atoms with van der Waals surface area (Å²) in [7, 11) is 0. The molecule has 0 bridgehead atoms. The Hall–Kier alpha value is -1.86. The van der Waals surface area contributed by atoms with E-state index in [0.717, 1.165) is 34.2 Å². The van der Waals surface area contributed by atoms with E-state index in [9.17, 15) is 9.59 Å². The van der Waals surface area contributed by atoms with Crippen LogP contribution >= 0.6 is 27.3 Å². The average Bonchev–Trinajstić information content (AvgIpc) is 3.06. The van der Waals surface area contributed by atoms with Crippen LogP contribution in [0.4, 0.5) is 5.00 Å². The predicted molar refractivity (Wildman–Crippen MR) is 93.1 cm³/mol. The topological polar surface area (TPSA) is 81.4 Å². The molecule has 1 aliphatic rings. The number of ether oxygens (including phenoxy) is 1. The maximum Gasteiger partial charge on any atom is 0.262 e. The number of carbonyl (C=O) groups is 2.